The molecule has 3 rings (SSSR count). The number of hydrogen-bond donors (Lipinski definition) is 1. The topological polar surface area (TPSA) is 65.8 Å². The van der Waals surface area contributed by atoms with E-state index in [0.29, 0.717) is 10.6 Å². The highest BCUT2D eigenvalue weighted by atomic mass is 32.1. The third-order valence-corrected chi connectivity index (χ3v) is 4.12. The average molecular weight is 257 g/mol. The third kappa shape index (κ3) is 1.66. The van der Waals surface area contributed by atoms with Crippen LogP contribution in [0.1, 0.15) is 29.5 Å². The van der Waals surface area contributed by atoms with Crippen LogP contribution in [0.2, 0.25) is 0 Å². The molecule has 1 aliphatic carbocycles. The van der Waals surface area contributed by atoms with Gasteiger partial charge in [-0.15, -0.1) is 11.3 Å². The van der Waals surface area contributed by atoms with Crippen molar-refractivity contribution >= 4 is 33.1 Å². The van der Waals surface area contributed by atoms with E-state index in [1.54, 1.807) is 0 Å². The first-order valence-electron chi connectivity index (χ1n) is 5.82. The Morgan fingerprint density at radius 3 is 3.11 bits per heavy atom. The summed E-state index contributed by atoms with van der Waals surface area (Å²) < 4.78 is 0. The summed E-state index contributed by atoms with van der Waals surface area (Å²) in [6.45, 7) is 1.45. The number of anilines is 1. The molecule has 2 aromatic heterocycles. The normalized spacial score (nSPS) is 13.3. The molecule has 2 aromatic rings. The number of aryl methyl sites for hydroxylation is 2. The lowest BCUT2D eigenvalue weighted by atomic mass is 10.1. The SMILES string of the molecule is CC(=O)Nc1c(C#N)sc2nc3c(cc12)CCC3. The van der Waals surface area contributed by atoms with Crippen LogP contribution in [0.5, 0.6) is 0 Å². The van der Waals surface area contributed by atoms with Crippen LogP contribution < -0.4 is 5.32 Å². The van der Waals surface area contributed by atoms with E-state index in [0.717, 1.165) is 35.2 Å². The first kappa shape index (κ1) is 11.2. The van der Waals surface area contributed by atoms with Crippen molar-refractivity contribution in [3.05, 3.63) is 22.2 Å². The highest BCUT2D eigenvalue weighted by Crippen LogP contribution is 2.37. The second kappa shape index (κ2) is 4.07. The first-order valence-corrected chi connectivity index (χ1v) is 6.63. The number of nitriles is 1. The Labute approximate surface area is 108 Å². The Morgan fingerprint density at radius 2 is 2.39 bits per heavy atom. The summed E-state index contributed by atoms with van der Waals surface area (Å²) >= 11 is 1.34. The molecule has 1 aliphatic rings. The van der Waals surface area contributed by atoms with Gasteiger partial charge in [0, 0.05) is 18.0 Å². The summed E-state index contributed by atoms with van der Waals surface area (Å²) in [4.78, 5) is 17.2. The molecule has 90 valence electrons. The predicted octanol–water partition coefficient (Wildman–Crippen LogP) is 2.62. The molecule has 18 heavy (non-hydrogen) atoms. The first-order chi connectivity index (χ1) is 8.69. The van der Waals surface area contributed by atoms with E-state index >= 15 is 0 Å². The molecule has 0 fully saturated rings. The number of nitrogens with one attached hydrogen (secondary N) is 1. The fraction of sp³-hybridized carbons (Fsp3) is 0.308. The number of carbonyl (C=O) groups is 1. The van der Waals surface area contributed by atoms with Crippen LogP contribution in [0, 0.1) is 11.3 Å². The van der Waals surface area contributed by atoms with Crippen molar-refractivity contribution in [3.8, 4) is 6.07 Å². The van der Waals surface area contributed by atoms with Gasteiger partial charge < -0.3 is 5.32 Å². The van der Waals surface area contributed by atoms with Crippen molar-refractivity contribution in [1.29, 1.82) is 5.26 Å². The van der Waals surface area contributed by atoms with E-state index in [-0.39, 0.29) is 5.91 Å². The van der Waals surface area contributed by atoms with Crippen molar-refractivity contribution in [2.24, 2.45) is 0 Å². The van der Waals surface area contributed by atoms with Crippen molar-refractivity contribution in [2.45, 2.75) is 26.2 Å². The van der Waals surface area contributed by atoms with E-state index in [1.807, 2.05) is 0 Å². The standard InChI is InChI=1S/C13H11N3OS/c1-7(17)15-12-9-5-8-3-2-4-10(8)16-13(9)18-11(12)6-14/h5H,2-4H2,1H3,(H,15,17). The number of aromatic nitrogens is 1. The highest BCUT2D eigenvalue weighted by Gasteiger charge is 2.19. The average Bonchev–Trinajstić information content (AvgIpc) is 2.90. The quantitative estimate of drug-likeness (QED) is 0.854. The predicted molar refractivity (Wildman–Crippen MR) is 70.7 cm³/mol. The Bertz CT molecular complexity index is 696. The maximum absolute atomic E-state index is 11.2. The summed E-state index contributed by atoms with van der Waals surface area (Å²) in [5, 5.41) is 12.8. The molecule has 0 aromatic carbocycles. The largest absolute Gasteiger partial charge is 0.324 e. The van der Waals surface area contributed by atoms with Crippen molar-refractivity contribution in [3.63, 3.8) is 0 Å². The minimum Gasteiger partial charge on any atom is -0.324 e. The number of rotatable bonds is 1. The number of carbonyl (C=O) groups excluding carboxylic acids is 1. The fourth-order valence-corrected chi connectivity index (χ4v) is 3.29. The zero-order valence-electron chi connectivity index (χ0n) is 9.91. The van der Waals surface area contributed by atoms with E-state index in [1.165, 1.54) is 23.8 Å². The van der Waals surface area contributed by atoms with Gasteiger partial charge in [-0.3, -0.25) is 4.79 Å². The monoisotopic (exact) mass is 257 g/mol. The number of nitrogens with zero attached hydrogens (tertiary/aromatic N) is 2. The number of amides is 1. The van der Waals surface area contributed by atoms with Crippen LogP contribution in [0.3, 0.4) is 0 Å². The smallest absolute Gasteiger partial charge is 0.221 e. The van der Waals surface area contributed by atoms with Gasteiger partial charge in [0.25, 0.3) is 0 Å². The van der Waals surface area contributed by atoms with Crippen molar-refractivity contribution in [1.82, 2.24) is 4.98 Å². The summed E-state index contributed by atoms with van der Waals surface area (Å²) in [7, 11) is 0. The molecule has 0 aliphatic heterocycles. The van der Waals surface area contributed by atoms with Gasteiger partial charge in [0.2, 0.25) is 5.91 Å². The van der Waals surface area contributed by atoms with Crippen LogP contribution in [0.15, 0.2) is 6.07 Å². The van der Waals surface area contributed by atoms with Crippen molar-refractivity contribution in [2.75, 3.05) is 5.32 Å². The molecule has 0 saturated carbocycles. The zero-order valence-corrected chi connectivity index (χ0v) is 10.7. The van der Waals surface area contributed by atoms with Gasteiger partial charge in [0.15, 0.2) is 0 Å². The Morgan fingerprint density at radius 1 is 1.56 bits per heavy atom. The second-order valence-corrected chi connectivity index (χ2v) is 5.40. The van der Waals surface area contributed by atoms with Gasteiger partial charge >= 0.3 is 0 Å². The molecule has 0 spiro atoms. The maximum Gasteiger partial charge on any atom is 0.221 e. The van der Waals surface area contributed by atoms with Crippen molar-refractivity contribution < 1.29 is 4.79 Å². The van der Waals surface area contributed by atoms with Gasteiger partial charge in [-0.05, 0) is 30.9 Å². The zero-order chi connectivity index (χ0) is 12.7. The summed E-state index contributed by atoms with van der Waals surface area (Å²) in [6, 6.07) is 4.21. The molecule has 0 bridgehead atoms. The van der Waals surface area contributed by atoms with Crippen LogP contribution in [-0.2, 0) is 17.6 Å². The minimum absolute atomic E-state index is 0.160. The number of thiophene rings is 1. The number of hydrogen-bond acceptors (Lipinski definition) is 4. The van der Waals surface area contributed by atoms with Crippen LogP contribution in [0.25, 0.3) is 10.2 Å². The van der Waals surface area contributed by atoms with Gasteiger partial charge in [-0.1, -0.05) is 0 Å². The Kier molecular flexibility index (Phi) is 2.53. The molecule has 0 unspecified atom stereocenters. The lowest BCUT2D eigenvalue weighted by Gasteiger charge is -2.02. The maximum atomic E-state index is 11.2. The van der Waals surface area contributed by atoms with Crippen LogP contribution in [0.4, 0.5) is 5.69 Å². The molecule has 2 heterocycles. The molecule has 5 heteroatoms. The molecule has 1 amide bonds. The lowest BCUT2D eigenvalue weighted by Crippen LogP contribution is -2.06. The molecule has 1 N–H and O–H groups in total. The van der Waals surface area contributed by atoms with Crippen LogP contribution in [-0.4, -0.2) is 10.9 Å². The molecular weight excluding hydrogens is 246 g/mol. The molecule has 0 saturated heterocycles. The van der Waals surface area contributed by atoms with Gasteiger partial charge in [-0.25, -0.2) is 4.98 Å². The Hall–Kier alpha value is -1.93. The van der Waals surface area contributed by atoms with E-state index in [9.17, 15) is 4.79 Å². The van der Waals surface area contributed by atoms with Gasteiger partial charge in [-0.2, -0.15) is 5.26 Å². The van der Waals surface area contributed by atoms with E-state index in [2.05, 4.69) is 22.4 Å². The summed E-state index contributed by atoms with van der Waals surface area (Å²) in [5.74, 6) is -0.160. The Balaban J connectivity index is 2.25. The molecule has 4 nitrogen and oxygen atoms in total. The molecule has 0 atom stereocenters. The highest BCUT2D eigenvalue weighted by molar-refractivity contribution is 7.19. The van der Waals surface area contributed by atoms with Gasteiger partial charge in [0.05, 0.1) is 5.69 Å². The lowest BCUT2D eigenvalue weighted by molar-refractivity contribution is -0.114. The van der Waals surface area contributed by atoms with E-state index in [4.69, 9.17) is 5.26 Å². The number of fused-ring (bicyclic) bond motifs is 2. The summed E-state index contributed by atoms with van der Waals surface area (Å²) in [5.41, 5.74) is 3.01. The minimum atomic E-state index is -0.160. The fourth-order valence-electron chi connectivity index (χ4n) is 2.36. The second-order valence-electron chi connectivity index (χ2n) is 4.40. The van der Waals surface area contributed by atoms with E-state index < -0.39 is 0 Å². The third-order valence-electron chi connectivity index (χ3n) is 3.11. The molecule has 0 radical (unpaired) electrons. The number of pyridine rings is 1. The summed E-state index contributed by atoms with van der Waals surface area (Å²) in [6.07, 6.45) is 3.19. The molecular formula is C13H11N3OS. The van der Waals surface area contributed by atoms with Gasteiger partial charge in [0.1, 0.15) is 15.8 Å². The van der Waals surface area contributed by atoms with Crippen LogP contribution >= 0.6 is 11.3 Å².